The SMILES string of the molecule is CCCCOc1ccc(OC(=O)c2cccc([N+](=O)[O-])c2)cc1. The van der Waals surface area contributed by atoms with E-state index in [1.54, 1.807) is 24.3 Å². The number of nitrogens with zero attached hydrogens (tertiary/aromatic N) is 1. The molecular formula is C17H17NO5. The molecule has 0 N–H and O–H groups in total. The van der Waals surface area contributed by atoms with Crippen LogP contribution in [0.5, 0.6) is 11.5 Å². The van der Waals surface area contributed by atoms with Gasteiger partial charge in [-0.1, -0.05) is 19.4 Å². The summed E-state index contributed by atoms with van der Waals surface area (Å²) in [6.07, 6.45) is 2.03. The van der Waals surface area contributed by atoms with Gasteiger partial charge in [-0.25, -0.2) is 4.79 Å². The first-order valence-electron chi connectivity index (χ1n) is 7.29. The van der Waals surface area contributed by atoms with Gasteiger partial charge in [0.25, 0.3) is 5.69 Å². The highest BCUT2D eigenvalue weighted by molar-refractivity contribution is 5.91. The molecule has 0 saturated heterocycles. The van der Waals surface area contributed by atoms with E-state index in [2.05, 4.69) is 6.92 Å². The Labute approximate surface area is 133 Å². The zero-order valence-electron chi connectivity index (χ0n) is 12.7. The fraction of sp³-hybridized carbons (Fsp3) is 0.235. The van der Waals surface area contributed by atoms with E-state index in [1.807, 2.05) is 0 Å². The second kappa shape index (κ2) is 7.93. The maximum Gasteiger partial charge on any atom is 0.343 e. The van der Waals surface area contributed by atoms with Crippen molar-refractivity contribution in [1.29, 1.82) is 0 Å². The number of nitro groups is 1. The predicted molar refractivity (Wildman–Crippen MR) is 84.9 cm³/mol. The fourth-order valence-corrected chi connectivity index (χ4v) is 1.85. The van der Waals surface area contributed by atoms with E-state index in [9.17, 15) is 14.9 Å². The Morgan fingerprint density at radius 2 is 1.83 bits per heavy atom. The van der Waals surface area contributed by atoms with Crippen LogP contribution in [0, 0.1) is 10.1 Å². The van der Waals surface area contributed by atoms with Crippen molar-refractivity contribution in [3.63, 3.8) is 0 Å². The van der Waals surface area contributed by atoms with Crippen LogP contribution >= 0.6 is 0 Å². The van der Waals surface area contributed by atoms with Gasteiger partial charge in [-0.3, -0.25) is 10.1 Å². The number of rotatable bonds is 7. The summed E-state index contributed by atoms with van der Waals surface area (Å²) in [7, 11) is 0. The molecule has 0 amide bonds. The first-order valence-corrected chi connectivity index (χ1v) is 7.29. The average molecular weight is 315 g/mol. The lowest BCUT2D eigenvalue weighted by molar-refractivity contribution is -0.384. The topological polar surface area (TPSA) is 78.7 Å². The molecule has 0 bridgehead atoms. The summed E-state index contributed by atoms with van der Waals surface area (Å²) in [4.78, 5) is 22.2. The van der Waals surface area contributed by atoms with E-state index >= 15 is 0 Å². The molecular weight excluding hydrogens is 298 g/mol. The molecule has 0 saturated carbocycles. The molecule has 0 aliphatic rings. The van der Waals surface area contributed by atoms with Crippen molar-refractivity contribution in [2.45, 2.75) is 19.8 Å². The quantitative estimate of drug-likeness (QED) is 0.254. The summed E-state index contributed by atoms with van der Waals surface area (Å²) < 4.78 is 10.7. The maximum atomic E-state index is 12.0. The second-order valence-electron chi connectivity index (χ2n) is 4.87. The molecule has 2 aromatic rings. The summed E-state index contributed by atoms with van der Waals surface area (Å²) >= 11 is 0. The van der Waals surface area contributed by atoms with E-state index in [0.717, 1.165) is 12.8 Å². The Bertz CT molecular complexity index is 682. The van der Waals surface area contributed by atoms with E-state index in [-0.39, 0.29) is 11.3 Å². The summed E-state index contributed by atoms with van der Waals surface area (Å²) in [5.74, 6) is 0.409. The number of benzene rings is 2. The number of carbonyl (C=O) groups excluding carboxylic acids is 1. The minimum Gasteiger partial charge on any atom is -0.494 e. The number of non-ortho nitro benzene ring substituents is 1. The molecule has 0 atom stereocenters. The fourth-order valence-electron chi connectivity index (χ4n) is 1.85. The summed E-state index contributed by atoms with van der Waals surface area (Å²) in [5.41, 5.74) is -0.0263. The van der Waals surface area contributed by atoms with Gasteiger partial charge in [-0.15, -0.1) is 0 Å². The lowest BCUT2D eigenvalue weighted by atomic mass is 10.2. The van der Waals surface area contributed by atoms with Crippen LogP contribution in [0.1, 0.15) is 30.1 Å². The van der Waals surface area contributed by atoms with Gasteiger partial charge in [0.15, 0.2) is 0 Å². The molecule has 0 spiro atoms. The van der Waals surface area contributed by atoms with Crippen LogP contribution in [0.4, 0.5) is 5.69 Å². The van der Waals surface area contributed by atoms with Crippen LogP contribution < -0.4 is 9.47 Å². The Kier molecular flexibility index (Phi) is 5.68. The highest BCUT2D eigenvalue weighted by atomic mass is 16.6. The van der Waals surface area contributed by atoms with Crippen LogP contribution in [0.2, 0.25) is 0 Å². The van der Waals surface area contributed by atoms with Gasteiger partial charge < -0.3 is 9.47 Å². The lowest BCUT2D eigenvalue weighted by Gasteiger charge is -2.07. The molecule has 0 unspecified atom stereocenters. The molecule has 0 aliphatic carbocycles. The number of esters is 1. The average Bonchev–Trinajstić information content (AvgIpc) is 2.56. The molecule has 6 nitrogen and oxygen atoms in total. The molecule has 0 fully saturated rings. The van der Waals surface area contributed by atoms with Crippen molar-refractivity contribution in [2.24, 2.45) is 0 Å². The van der Waals surface area contributed by atoms with Gasteiger partial charge in [-0.05, 0) is 36.8 Å². The highest BCUT2D eigenvalue weighted by Gasteiger charge is 2.13. The number of hydrogen-bond donors (Lipinski definition) is 0. The molecule has 0 aromatic heterocycles. The number of ether oxygens (including phenoxy) is 2. The summed E-state index contributed by atoms with van der Waals surface area (Å²) in [5, 5.41) is 10.7. The molecule has 23 heavy (non-hydrogen) atoms. The Balaban J connectivity index is 2.00. The monoisotopic (exact) mass is 315 g/mol. The van der Waals surface area contributed by atoms with Gasteiger partial charge in [0.1, 0.15) is 11.5 Å². The van der Waals surface area contributed by atoms with Crippen LogP contribution in [0.25, 0.3) is 0 Å². The minimum absolute atomic E-state index is 0.127. The molecule has 0 radical (unpaired) electrons. The second-order valence-corrected chi connectivity index (χ2v) is 4.87. The van der Waals surface area contributed by atoms with Crippen molar-refractivity contribution in [3.05, 3.63) is 64.2 Å². The van der Waals surface area contributed by atoms with Crippen LogP contribution in [0.15, 0.2) is 48.5 Å². The first kappa shape index (κ1) is 16.5. The van der Waals surface area contributed by atoms with E-state index in [0.29, 0.717) is 18.1 Å². The van der Waals surface area contributed by atoms with Crippen molar-refractivity contribution in [3.8, 4) is 11.5 Å². The smallest absolute Gasteiger partial charge is 0.343 e. The molecule has 2 rings (SSSR count). The van der Waals surface area contributed by atoms with E-state index < -0.39 is 10.9 Å². The third kappa shape index (κ3) is 4.81. The van der Waals surface area contributed by atoms with Gasteiger partial charge in [0.05, 0.1) is 17.1 Å². The maximum absolute atomic E-state index is 12.0. The number of hydrogen-bond acceptors (Lipinski definition) is 5. The largest absolute Gasteiger partial charge is 0.494 e. The minimum atomic E-state index is -0.645. The third-order valence-electron chi connectivity index (χ3n) is 3.09. The van der Waals surface area contributed by atoms with E-state index in [4.69, 9.17) is 9.47 Å². The van der Waals surface area contributed by atoms with Crippen molar-refractivity contribution in [1.82, 2.24) is 0 Å². The summed E-state index contributed by atoms with van der Waals surface area (Å²) in [6.45, 7) is 2.73. The number of nitro benzene ring substituents is 1. The van der Waals surface area contributed by atoms with Gasteiger partial charge in [-0.2, -0.15) is 0 Å². The van der Waals surface area contributed by atoms with E-state index in [1.165, 1.54) is 24.3 Å². The van der Waals surface area contributed by atoms with Gasteiger partial charge >= 0.3 is 5.97 Å². The Hall–Kier alpha value is -2.89. The normalized spacial score (nSPS) is 10.1. The summed E-state index contributed by atoms with van der Waals surface area (Å²) in [6, 6.07) is 12.1. The number of unbranched alkanes of at least 4 members (excludes halogenated alkanes) is 1. The molecule has 0 heterocycles. The molecule has 2 aromatic carbocycles. The molecule has 0 aliphatic heterocycles. The Morgan fingerprint density at radius 3 is 2.48 bits per heavy atom. The van der Waals surface area contributed by atoms with Gasteiger partial charge in [0.2, 0.25) is 0 Å². The number of carbonyl (C=O) groups is 1. The van der Waals surface area contributed by atoms with Crippen molar-refractivity contribution < 1.29 is 19.2 Å². The standard InChI is InChI=1S/C17H17NO5/c1-2-3-11-22-15-7-9-16(10-8-15)23-17(19)13-5-4-6-14(12-13)18(20)21/h4-10,12H,2-3,11H2,1H3. The molecule has 120 valence electrons. The van der Waals surface area contributed by atoms with Crippen LogP contribution in [-0.4, -0.2) is 17.5 Å². The third-order valence-corrected chi connectivity index (χ3v) is 3.09. The van der Waals surface area contributed by atoms with Crippen LogP contribution in [0.3, 0.4) is 0 Å². The van der Waals surface area contributed by atoms with Crippen molar-refractivity contribution >= 4 is 11.7 Å². The molecule has 6 heteroatoms. The highest BCUT2D eigenvalue weighted by Crippen LogP contribution is 2.20. The lowest BCUT2D eigenvalue weighted by Crippen LogP contribution is -2.08. The zero-order chi connectivity index (χ0) is 16.7. The first-order chi connectivity index (χ1) is 11.1. The van der Waals surface area contributed by atoms with Gasteiger partial charge in [0, 0.05) is 12.1 Å². The zero-order valence-corrected chi connectivity index (χ0v) is 12.7. The predicted octanol–water partition coefficient (Wildman–Crippen LogP) is 3.99. The van der Waals surface area contributed by atoms with Crippen molar-refractivity contribution in [2.75, 3.05) is 6.61 Å². The Morgan fingerprint density at radius 1 is 1.13 bits per heavy atom. The van der Waals surface area contributed by atoms with Crippen LogP contribution in [-0.2, 0) is 0 Å².